The fourth-order valence-electron chi connectivity index (χ4n) is 2.61. The first-order valence-electron chi connectivity index (χ1n) is 8.69. The molecule has 1 heterocycles. The van der Waals surface area contributed by atoms with Crippen molar-refractivity contribution in [2.45, 2.75) is 52.2 Å². The highest BCUT2D eigenvalue weighted by molar-refractivity contribution is 5.81. The van der Waals surface area contributed by atoms with Gasteiger partial charge >= 0.3 is 0 Å². The molecule has 0 aliphatic rings. The van der Waals surface area contributed by atoms with Crippen LogP contribution in [0.3, 0.4) is 0 Å². The normalized spacial score (nSPS) is 13.5. The van der Waals surface area contributed by atoms with Gasteiger partial charge in [0.25, 0.3) is 0 Å². The molecule has 0 spiro atoms. The lowest BCUT2D eigenvalue weighted by Crippen LogP contribution is -2.44. The molecule has 0 saturated carbocycles. The van der Waals surface area contributed by atoms with Crippen molar-refractivity contribution in [3.05, 3.63) is 54.1 Å². The number of amides is 1. The molecule has 3 N–H and O–H groups in total. The van der Waals surface area contributed by atoms with E-state index in [1.807, 2.05) is 26.1 Å². The van der Waals surface area contributed by atoms with Crippen molar-refractivity contribution in [2.24, 2.45) is 11.7 Å². The van der Waals surface area contributed by atoms with Crippen LogP contribution in [0.15, 0.2) is 42.7 Å². The van der Waals surface area contributed by atoms with Crippen LogP contribution in [0.1, 0.15) is 38.1 Å². The van der Waals surface area contributed by atoms with Gasteiger partial charge in [-0.3, -0.25) is 4.79 Å². The summed E-state index contributed by atoms with van der Waals surface area (Å²) in [6.45, 7) is 5.34. The van der Waals surface area contributed by atoms with Crippen molar-refractivity contribution in [1.82, 2.24) is 14.9 Å². The third-order valence-corrected chi connectivity index (χ3v) is 4.49. The first-order valence-corrected chi connectivity index (χ1v) is 8.69. The molecule has 0 fully saturated rings. The lowest BCUT2D eigenvalue weighted by molar-refractivity contribution is -0.123. The third-order valence-electron chi connectivity index (χ3n) is 4.49. The minimum atomic E-state index is -0.462. The number of hydrogen-bond donors (Lipinski definition) is 2. The van der Waals surface area contributed by atoms with Crippen LogP contribution in [0.4, 0.5) is 0 Å². The Balaban J connectivity index is 1.81. The molecular weight excluding hydrogens is 300 g/mol. The number of aryl methyl sites for hydroxylation is 2. The topological polar surface area (TPSA) is 72.9 Å². The van der Waals surface area contributed by atoms with Crippen molar-refractivity contribution in [2.75, 3.05) is 0 Å². The van der Waals surface area contributed by atoms with Gasteiger partial charge < -0.3 is 15.6 Å². The van der Waals surface area contributed by atoms with Crippen molar-refractivity contribution in [1.29, 1.82) is 0 Å². The summed E-state index contributed by atoms with van der Waals surface area (Å²) in [4.78, 5) is 16.4. The zero-order chi connectivity index (χ0) is 17.4. The zero-order valence-corrected chi connectivity index (χ0v) is 14.6. The largest absolute Gasteiger partial charge is 0.348 e. The van der Waals surface area contributed by atoms with Crippen molar-refractivity contribution in [3.8, 4) is 0 Å². The van der Waals surface area contributed by atoms with Gasteiger partial charge in [-0.05, 0) is 24.3 Å². The number of carbonyl (C=O) groups is 1. The van der Waals surface area contributed by atoms with Gasteiger partial charge in [0.15, 0.2) is 0 Å². The second kappa shape index (κ2) is 9.23. The van der Waals surface area contributed by atoms with Gasteiger partial charge in [-0.15, -0.1) is 0 Å². The highest BCUT2D eigenvalue weighted by atomic mass is 16.2. The van der Waals surface area contributed by atoms with Crippen LogP contribution in [-0.4, -0.2) is 21.5 Å². The van der Waals surface area contributed by atoms with E-state index in [-0.39, 0.29) is 11.8 Å². The van der Waals surface area contributed by atoms with E-state index < -0.39 is 6.04 Å². The van der Waals surface area contributed by atoms with E-state index in [9.17, 15) is 4.79 Å². The molecule has 1 amide bonds. The molecule has 2 atom stereocenters. The van der Waals surface area contributed by atoms with Crippen LogP contribution in [0.25, 0.3) is 0 Å². The van der Waals surface area contributed by atoms with Gasteiger partial charge in [0.1, 0.15) is 5.82 Å². The number of carbonyl (C=O) groups excluding carboxylic acids is 1. The van der Waals surface area contributed by atoms with Gasteiger partial charge in [-0.1, -0.05) is 50.6 Å². The summed E-state index contributed by atoms with van der Waals surface area (Å²) in [6.07, 6.45) is 6.69. The van der Waals surface area contributed by atoms with E-state index in [0.29, 0.717) is 6.54 Å². The van der Waals surface area contributed by atoms with Crippen LogP contribution in [0, 0.1) is 5.92 Å². The Morgan fingerprint density at radius 3 is 2.79 bits per heavy atom. The molecule has 5 nitrogen and oxygen atoms in total. The first kappa shape index (κ1) is 18.2. The zero-order valence-electron chi connectivity index (χ0n) is 14.6. The molecule has 130 valence electrons. The average molecular weight is 328 g/mol. The predicted octanol–water partition coefficient (Wildman–Crippen LogP) is 2.51. The fourth-order valence-corrected chi connectivity index (χ4v) is 2.61. The number of nitrogens with one attached hydrogen (secondary N) is 1. The summed E-state index contributed by atoms with van der Waals surface area (Å²) >= 11 is 0. The lowest BCUT2D eigenvalue weighted by atomic mass is 9.99. The molecule has 0 aliphatic heterocycles. The maximum Gasteiger partial charge on any atom is 0.237 e. The highest BCUT2D eigenvalue weighted by Gasteiger charge is 2.19. The van der Waals surface area contributed by atoms with Crippen molar-refractivity contribution in [3.63, 3.8) is 0 Å². The van der Waals surface area contributed by atoms with Crippen LogP contribution in [-0.2, 0) is 24.3 Å². The number of aromatic nitrogens is 2. The molecule has 0 radical (unpaired) electrons. The Bertz CT molecular complexity index is 623. The highest BCUT2D eigenvalue weighted by Crippen LogP contribution is 2.07. The van der Waals surface area contributed by atoms with Crippen molar-refractivity contribution >= 4 is 5.91 Å². The Kier molecular flexibility index (Phi) is 7.00. The van der Waals surface area contributed by atoms with Crippen LogP contribution >= 0.6 is 0 Å². The Labute approximate surface area is 144 Å². The Hall–Kier alpha value is -2.14. The van der Waals surface area contributed by atoms with E-state index in [1.165, 1.54) is 5.56 Å². The van der Waals surface area contributed by atoms with Crippen LogP contribution in [0.2, 0.25) is 0 Å². The molecule has 1 aromatic carbocycles. The number of rotatable bonds is 9. The maximum atomic E-state index is 12.1. The maximum absolute atomic E-state index is 12.1. The second-order valence-corrected chi connectivity index (χ2v) is 6.26. The molecule has 0 bridgehead atoms. The summed E-state index contributed by atoms with van der Waals surface area (Å²) in [5, 5.41) is 2.90. The molecule has 5 heteroatoms. The van der Waals surface area contributed by atoms with E-state index in [0.717, 1.165) is 31.6 Å². The predicted molar refractivity (Wildman–Crippen MR) is 96.3 cm³/mol. The molecule has 2 aromatic rings. The molecule has 24 heavy (non-hydrogen) atoms. The minimum absolute atomic E-state index is 0.108. The number of nitrogens with two attached hydrogens (primary N) is 1. The summed E-state index contributed by atoms with van der Waals surface area (Å²) in [5.41, 5.74) is 7.29. The summed E-state index contributed by atoms with van der Waals surface area (Å²) in [7, 11) is 0. The summed E-state index contributed by atoms with van der Waals surface area (Å²) in [6, 6.07) is 9.99. The number of hydrogen-bond acceptors (Lipinski definition) is 3. The molecule has 0 saturated heterocycles. The van der Waals surface area contributed by atoms with E-state index in [4.69, 9.17) is 5.73 Å². The van der Waals surface area contributed by atoms with Crippen molar-refractivity contribution < 1.29 is 4.79 Å². The lowest BCUT2D eigenvalue weighted by Gasteiger charge is -2.17. The van der Waals surface area contributed by atoms with E-state index >= 15 is 0 Å². The minimum Gasteiger partial charge on any atom is -0.348 e. The SMILES string of the molecule is CCC(C)C(N)C(=O)NCc1nccn1CCCc1ccccc1. The Morgan fingerprint density at radius 2 is 2.08 bits per heavy atom. The quantitative estimate of drug-likeness (QED) is 0.743. The molecule has 0 aliphatic carbocycles. The second-order valence-electron chi connectivity index (χ2n) is 6.26. The average Bonchev–Trinajstić information content (AvgIpc) is 3.06. The summed E-state index contributed by atoms with van der Waals surface area (Å²) < 4.78 is 2.10. The van der Waals surface area contributed by atoms with Gasteiger partial charge in [0, 0.05) is 18.9 Å². The van der Waals surface area contributed by atoms with Crippen LogP contribution < -0.4 is 11.1 Å². The van der Waals surface area contributed by atoms with Gasteiger partial charge in [-0.2, -0.15) is 0 Å². The Morgan fingerprint density at radius 1 is 1.33 bits per heavy atom. The van der Waals surface area contributed by atoms with Gasteiger partial charge in [0.05, 0.1) is 12.6 Å². The first-order chi connectivity index (χ1) is 11.6. The monoisotopic (exact) mass is 328 g/mol. The number of imidazole rings is 1. The standard InChI is InChI=1S/C19H28N4O/c1-3-15(2)18(20)19(24)22-14-17-21-11-13-23(17)12-7-10-16-8-5-4-6-9-16/h4-6,8-9,11,13,15,18H,3,7,10,12,14,20H2,1-2H3,(H,22,24). The van der Waals surface area contributed by atoms with Gasteiger partial charge in [-0.25, -0.2) is 4.98 Å². The fraction of sp³-hybridized carbons (Fsp3) is 0.474. The van der Waals surface area contributed by atoms with Crippen LogP contribution in [0.5, 0.6) is 0 Å². The molecule has 2 unspecified atom stereocenters. The molecule has 1 aromatic heterocycles. The van der Waals surface area contributed by atoms with Gasteiger partial charge in [0.2, 0.25) is 5.91 Å². The number of nitrogens with zero attached hydrogens (tertiary/aromatic N) is 2. The molecule has 2 rings (SSSR count). The molecular formula is C19H28N4O. The smallest absolute Gasteiger partial charge is 0.237 e. The number of benzene rings is 1. The summed E-state index contributed by atoms with van der Waals surface area (Å²) in [5.74, 6) is 0.937. The van der Waals surface area contributed by atoms with E-state index in [1.54, 1.807) is 6.20 Å². The van der Waals surface area contributed by atoms with E-state index in [2.05, 4.69) is 39.1 Å². The third kappa shape index (κ3) is 5.20.